The van der Waals surface area contributed by atoms with Gasteiger partial charge >= 0.3 is 0 Å². The average Bonchev–Trinajstić information content (AvgIpc) is 2.82. The lowest BCUT2D eigenvalue weighted by Crippen LogP contribution is -2.14. The molecule has 4 nitrogen and oxygen atoms in total. The number of H-pyrrole nitrogens is 1. The summed E-state index contributed by atoms with van der Waals surface area (Å²) in [4.78, 5) is 24.6. The Balaban J connectivity index is 2.23. The number of halogens is 2. The minimum Gasteiger partial charge on any atom is -0.348 e. The molecule has 0 aliphatic rings. The van der Waals surface area contributed by atoms with Gasteiger partial charge in [0.25, 0.3) is 5.91 Å². The molecule has 1 heterocycles. The summed E-state index contributed by atoms with van der Waals surface area (Å²) < 4.78 is 26.6. The lowest BCUT2D eigenvalue weighted by molar-refractivity contribution is 0.102. The fourth-order valence-electron chi connectivity index (χ4n) is 1.41. The largest absolute Gasteiger partial charge is 0.348 e. The van der Waals surface area contributed by atoms with E-state index in [4.69, 9.17) is 0 Å². The van der Waals surface area contributed by atoms with Crippen molar-refractivity contribution in [2.45, 2.75) is 0 Å². The first-order valence-corrected chi connectivity index (χ1v) is 5.01. The van der Waals surface area contributed by atoms with Crippen LogP contribution in [0.25, 0.3) is 0 Å². The van der Waals surface area contributed by atoms with E-state index in [-0.39, 0.29) is 11.4 Å². The first-order chi connectivity index (χ1) is 8.61. The number of aldehydes is 1. The van der Waals surface area contributed by atoms with Gasteiger partial charge in [0.05, 0.1) is 5.69 Å². The van der Waals surface area contributed by atoms with Gasteiger partial charge in [0, 0.05) is 0 Å². The Hall–Kier alpha value is -2.50. The van der Waals surface area contributed by atoms with E-state index in [1.54, 1.807) is 0 Å². The molecule has 6 heteroatoms. The van der Waals surface area contributed by atoms with E-state index in [2.05, 4.69) is 10.3 Å². The van der Waals surface area contributed by atoms with Crippen LogP contribution in [-0.4, -0.2) is 17.2 Å². The van der Waals surface area contributed by atoms with Gasteiger partial charge in [0.2, 0.25) is 0 Å². The van der Waals surface area contributed by atoms with Crippen molar-refractivity contribution in [1.82, 2.24) is 4.98 Å². The number of para-hydroxylation sites is 1. The van der Waals surface area contributed by atoms with E-state index >= 15 is 0 Å². The number of amides is 1. The third-order valence-electron chi connectivity index (χ3n) is 2.28. The molecular formula is C12H8F2N2O2. The number of nitrogens with one attached hydrogen (secondary N) is 2. The molecule has 0 fully saturated rings. The third-order valence-corrected chi connectivity index (χ3v) is 2.28. The van der Waals surface area contributed by atoms with Crippen LogP contribution in [0.5, 0.6) is 0 Å². The molecule has 0 bridgehead atoms. The highest BCUT2D eigenvalue weighted by Crippen LogP contribution is 2.18. The van der Waals surface area contributed by atoms with Crippen molar-refractivity contribution in [3.05, 3.63) is 53.4 Å². The zero-order valence-electron chi connectivity index (χ0n) is 9.04. The Morgan fingerprint density at radius 2 is 1.83 bits per heavy atom. The summed E-state index contributed by atoms with van der Waals surface area (Å²) in [6, 6.07) is 5.99. The quantitative estimate of drug-likeness (QED) is 0.821. The van der Waals surface area contributed by atoms with Crippen LogP contribution in [0.15, 0.2) is 30.3 Å². The lowest BCUT2D eigenvalue weighted by atomic mass is 10.3. The highest BCUT2D eigenvalue weighted by molar-refractivity contribution is 6.03. The summed E-state index contributed by atoms with van der Waals surface area (Å²) in [5.74, 6) is -2.47. The normalized spacial score (nSPS) is 10.1. The standard InChI is InChI=1S/C12H8F2N2O2/c13-8-2-1-3-9(14)11(8)16-12(18)10-5-4-7(6-17)15-10/h1-6,15H,(H,16,18). The number of rotatable bonds is 3. The van der Waals surface area contributed by atoms with Gasteiger partial charge in [-0.05, 0) is 24.3 Å². The monoisotopic (exact) mass is 250 g/mol. The Morgan fingerprint density at radius 1 is 1.17 bits per heavy atom. The fourth-order valence-corrected chi connectivity index (χ4v) is 1.41. The molecule has 1 amide bonds. The first kappa shape index (κ1) is 12.0. The molecule has 0 aliphatic carbocycles. The fraction of sp³-hybridized carbons (Fsp3) is 0. The summed E-state index contributed by atoms with van der Waals surface area (Å²) in [7, 11) is 0. The van der Waals surface area contributed by atoms with Crippen LogP contribution in [0.2, 0.25) is 0 Å². The number of carbonyl (C=O) groups is 2. The molecule has 0 atom stereocenters. The molecule has 1 aromatic carbocycles. The van der Waals surface area contributed by atoms with Crippen molar-refractivity contribution in [3.8, 4) is 0 Å². The van der Waals surface area contributed by atoms with Crippen molar-refractivity contribution < 1.29 is 18.4 Å². The van der Waals surface area contributed by atoms with Gasteiger partial charge in [0.1, 0.15) is 23.0 Å². The molecule has 0 saturated carbocycles. The zero-order valence-corrected chi connectivity index (χ0v) is 9.04. The zero-order chi connectivity index (χ0) is 13.1. The van der Waals surface area contributed by atoms with Crippen molar-refractivity contribution in [2.75, 3.05) is 5.32 Å². The van der Waals surface area contributed by atoms with E-state index < -0.39 is 23.2 Å². The summed E-state index contributed by atoms with van der Waals surface area (Å²) >= 11 is 0. The maximum absolute atomic E-state index is 13.3. The highest BCUT2D eigenvalue weighted by Gasteiger charge is 2.14. The number of carbonyl (C=O) groups excluding carboxylic acids is 2. The minimum absolute atomic E-state index is 0.0414. The van der Waals surface area contributed by atoms with Crippen LogP contribution >= 0.6 is 0 Å². The number of benzene rings is 1. The van der Waals surface area contributed by atoms with Crippen LogP contribution in [0, 0.1) is 11.6 Å². The number of hydrogen-bond acceptors (Lipinski definition) is 2. The van der Waals surface area contributed by atoms with Crippen LogP contribution in [0.3, 0.4) is 0 Å². The topological polar surface area (TPSA) is 62.0 Å². The number of hydrogen-bond donors (Lipinski definition) is 2. The first-order valence-electron chi connectivity index (χ1n) is 5.01. The Bertz CT molecular complexity index is 588. The summed E-state index contributed by atoms with van der Waals surface area (Å²) in [6.07, 6.45) is 0.528. The summed E-state index contributed by atoms with van der Waals surface area (Å²) in [5, 5.41) is 2.10. The molecule has 2 aromatic rings. The molecular weight excluding hydrogens is 242 g/mol. The predicted octanol–water partition coefficient (Wildman–Crippen LogP) is 2.36. The van der Waals surface area contributed by atoms with Gasteiger partial charge in [0.15, 0.2) is 6.29 Å². The molecule has 0 radical (unpaired) electrons. The van der Waals surface area contributed by atoms with E-state index in [0.717, 1.165) is 12.1 Å². The van der Waals surface area contributed by atoms with Gasteiger partial charge in [-0.25, -0.2) is 8.78 Å². The van der Waals surface area contributed by atoms with Crippen molar-refractivity contribution in [1.29, 1.82) is 0 Å². The van der Waals surface area contributed by atoms with E-state index in [1.165, 1.54) is 18.2 Å². The summed E-state index contributed by atoms with van der Waals surface area (Å²) in [5.41, 5.74) is -0.279. The Labute approximate surface area is 101 Å². The highest BCUT2D eigenvalue weighted by atomic mass is 19.1. The van der Waals surface area contributed by atoms with Crippen molar-refractivity contribution in [3.63, 3.8) is 0 Å². The van der Waals surface area contributed by atoms with Crippen LogP contribution in [0.1, 0.15) is 21.0 Å². The lowest BCUT2D eigenvalue weighted by Gasteiger charge is -2.06. The number of anilines is 1. The van der Waals surface area contributed by atoms with Gasteiger partial charge in [-0.3, -0.25) is 9.59 Å². The smallest absolute Gasteiger partial charge is 0.272 e. The van der Waals surface area contributed by atoms with E-state index in [0.29, 0.717) is 6.29 Å². The predicted molar refractivity (Wildman–Crippen MR) is 60.5 cm³/mol. The second-order valence-corrected chi connectivity index (χ2v) is 3.50. The number of aromatic amines is 1. The van der Waals surface area contributed by atoms with Gasteiger partial charge < -0.3 is 10.3 Å². The van der Waals surface area contributed by atoms with Gasteiger partial charge in [-0.1, -0.05) is 6.07 Å². The number of aromatic nitrogens is 1. The minimum atomic E-state index is -0.870. The second kappa shape index (κ2) is 4.79. The molecule has 0 spiro atoms. The maximum Gasteiger partial charge on any atom is 0.272 e. The van der Waals surface area contributed by atoms with Gasteiger partial charge in [-0.2, -0.15) is 0 Å². The second-order valence-electron chi connectivity index (χ2n) is 3.50. The van der Waals surface area contributed by atoms with Crippen molar-refractivity contribution in [2.24, 2.45) is 0 Å². The van der Waals surface area contributed by atoms with E-state index in [9.17, 15) is 18.4 Å². The molecule has 1 aromatic heterocycles. The Morgan fingerprint density at radius 3 is 2.39 bits per heavy atom. The molecule has 18 heavy (non-hydrogen) atoms. The molecule has 0 unspecified atom stereocenters. The summed E-state index contributed by atoms with van der Waals surface area (Å²) in [6.45, 7) is 0. The van der Waals surface area contributed by atoms with Crippen LogP contribution in [0.4, 0.5) is 14.5 Å². The molecule has 2 rings (SSSR count). The SMILES string of the molecule is O=Cc1ccc(C(=O)Nc2c(F)cccc2F)[nH]1. The Kier molecular flexibility index (Phi) is 3.18. The van der Waals surface area contributed by atoms with Gasteiger partial charge in [-0.15, -0.1) is 0 Å². The molecule has 0 aliphatic heterocycles. The maximum atomic E-state index is 13.3. The average molecular weight is 250 g/mol. The van der Waals surface area contributed by atoms with Crippen LogP contribution < -0.4 is 5.32 Å². The van der Waals surface area contributed by atoms with Crippen LogP contribution in [-0.2, 0) is 0 Å². The third kappa shape index (κ3) is 2.27. The molecule has 92 valence electrons. The van der Waals surface area contributed by atoms with E-state index in [1.807, 2.05) is 0 Å². The molecule has 0 saturated heterocycles. The van der Waals surface area contributed by atoms with Crippen molar-refractivity contribution >= 4 is 17.9 Å². The molecule has 2 N–H and O–H groups in total.